The van der Waals surface area contributed by atoms with Gasteiger partial charge in [0.2, 0.25) is 0 Å². The second-order valence-electron chi connectivity index (χ2n) is 7.01. The van der Waals surface area contributed by atoms with Crippen LogP contribution in [-0.2, 0) is 19.1 Å². The number of nitrogens with one attached hydrogen (secondary N) is 2. The van der Waals surface area contributed by atoms with Crippen LogP contribution in [0.2, 0.25) is 0 Å². The fraction of sp³-hybridized carbons (Fsp3) is 0.765. The van der Waals surface area contributed by atoms with Gasteiger partial charge in [-0.3, -0.25) is 20.2 Å². The third kappa shape index (κ3) is 3.13. The molecule has 0 saturated carbocycles. The number of hydrogen-bond acceptors (Lipinski definition) is 7. The highest BCUT2D eigenvalue weighted by Gasteiger charge is 2.52. The standard InChI is InChI=1S/C17H27N3O4/c1-4-23-17(22)10-7-9-14(21)13-12(24-16(9)20-15(10)18)6-5-11(19-13)8(2)3/h9-13,15-16,19-20H,2,4-7,18H2,1,3H3. The van der Waals surface area contributed by atoms with Crippen LogP contribution in [0.4, 0.5) is 0 Å². The SMILES string of the molecule is C=C(C)C1CCC2OC3NC(N)C(C(=O)OCC)CC3C(=O)C2N1. The summed E-state index contributed by atoms with van der Waals surface area (Å²) in [5.74, 6) is -1.19. The lowest BCUT2D eigenvalue weighted by molar-refractivity contribution is -0.176. The van der Waals surface area contributed by atoms with Gasteiger partial charge in [0.05, 0.1) is 36.8 Å². The first-order valence-corrected chi connectivity index (χ1v) is 8.71. The normalized spacial score (nSPS) is 42.0. The molecular formula is C17H27N3O4. The van der Waals surface area contributed by atoms with E-state index >= 15 is 0 Å². The summed E-state index contributed by atoms with van der Waals surface area (Å²) in [6, 6.07) is -0.212. The molecule has 24 heavy (non-hydrogen) atoms. The molecular weight excluding hydrogens is 310 g/mol. The zero-order valence-electron chi connectivity index (χ0n) is 14.3. The monoisotopic (exact) mass is 337 g/mol. The van der Waals surface area contributed by atoms with E-state index in [0.29, 0.717) is 13.0 Å². The molecule has 4 N–H and O–H groups in total. The van der Waals surface area contributed by atoms with Crippen molar-refractivity contribution < 1.29 is 19.1 Å². The van der Waals surface area contributed by atoms with E-state index in [1.807, 2.05) is 6.92 Å². The largest absolute Gasteiger partial charge is 0.466 e. The first-order chi connectivity index (χ1) is 11.4. The first-order valence-electron chi connectivity index (χ1n) is 8.71. The van der Waals surface area contributed by atoms with Crippen molar-refractivity contribution in [1.82, 2.24) is 10.6 Å². The second kappa shape index (κ2) is 6.92. The minimum atomic E-state index is -0.561. The van der Waals surface area contributed by atoms with Gasteiger partial charge in [0.15, 0.2) is 5.78 Å². The summed E-state index contributed by atoms with van der Waals surface area (Å²) in [6.07, 6.45) is 0.922. The number of esters is 1. The van der Waals surface area contributed by atoms with Crippen molar-refractivity contribution in [3.8, 4) is 0 Å². The highest BCUT2D eigenvalue weighted by molar-refractivity contribution is 5.89. The fourth-order valence-electron chi connectivity index (χ4n) is 3.98. The van der Waals surface area contributed by atoms with Crippen LogP contribution in [0.3, 0.4) is 0 Å². The summed E-state index contributed by atoms with van der Waals surface area (Å²) in [7, 11) is 0. The number of Topliss-reactive ketones (excluding diaryl/α,β-unsaturated/α-hetero) is 1. The molecule has 7 heteroatoms. The molecule has 3 rings (SSSR count). The van der Waals surface area contributed by atoms with Crippen LogP contribution in [0.25, 0.3) is 0 Å². The molecule has 3 fully saturated rings. The van der Waals surface area contributed by atoms with Crippen molar-refractivity contribution in [3.63, 3.8) is 0 Å². The van der Waals surface area contributed by atoms with Gasteiger partial charge in [-0.05, 0) is 33.1 Å². The van der Waals surface area contributed by atoms with Crippen LogP contribution in [0, 0.1) is 11.8 Å². The van der Waals surface area contributed by atoms with Crippen molar-refractivity contribution in [2.45, 2.75) is 63.7 Å². The van der Waals surface area contributed by atoms with E-state index in [4.69, 9.17) is 15.2 Å². The lowest BCUT2D eigenvalue weighted by Crippen LogP contribution is -2.69. The van der Waals surface area contributed by atoms with E-state index in [1.54, 1.807) is 6.92 Å². The maximum Gasteiger partial charge on any atom is 0.311 e. The Balaban J connectivity index is 1.74. The summed E-state index contributed by atoms with van der Waals surface area (Å²) in [6.45, 7) is 8.00. The molecule has 0 aliphatic carbocycles. The van der Waals surface area contributed by atoms with Gasteiger partial charge < -0.3 is 15.2 Å². The Morgan fingerprint density at radius 2 is 2.17 bits per heavy atom. The summed E-state index contributed by atoms with van der Waals surface area (Å²) in [5.41, 5.74) is 7.09. The molecule has 7 unspecified atom stereocenters. The minimum absolute atomic E-state index is 0.0934. The van der Waals surface area contributed by atoms with Crippen LogP contribution in [0.15, 0.2) is 12.2 Å². The van der Waals surface area contributed by atoms with E-state index in [-0.39, 0.29) is 29.9 Å². The van der Waals surface area contributed by atoms with Gasteiger partial charge in [0.1, 0.15) is 6.23 Å². The Hall–Kier alpha value is -1.28. The smallest absolute Gasteiger partial charge is 0.311 e. The summed E-state index contributed by atoms with van der Waals surface area (Å²) in [5, 5.41) is 6.46. The molecule has 0 aromatic carbocycles. The molecule has 3 aliphatic heterocycles. The molecule has 0 aromatic heterocycles. The average molecular weight is 337 g/mol. The Morgan fingerprint density at radius 3 is 2.83 bits per heavy atom. The third-order valence-corrected chi connectivity index (χ3v) is 5.33. The fourth-order valence-corrected chi connectivity index (χ4v) is 3.98. The number of carbonyl (C=O) groups excluding carboxylic acids is 2. The summed E-state index contributed by atoms with van der Waals surface area (Å²) >= 11 is 0. The van der Waals surface area contributed by atoms with Gasteiger partial charge in [-0.25, -0.2) is 0 Å². The van der Waals surface area contributed by atoms with Crippen molar-refractivity contribution >= 4 is 11.8 Å². The summed E-state index contributed by atoms with van der Waals surface area (Å²) in [4.78, 5) is 25.1. The molecule has 3 heterocycles. The number of nitrogens with two attached hydrogens (primary N) is 1. The molecule has 7 atom stereocenters. The molecule has 3 aliphatic rings. The van der Waals surface area contributed by atoms with Crippen LogP contribution < -0.4 is 16.4 Å². The predicted molar refractivity (Wildman–Crippen MR) is 87.8 cm³/mol. The third-order valence-electron chi connectivity index (χ3n) is 5.33. The first kappa shape index (κ1) is 17.5. The highest BCUT2D eigenvalue weighted by atomic mass is 16.5. The van der Waals surface area contributed by atoms with Crippen LogP contribution in [0.5, 0.6) is 0 Å². The van der Waals surface area contributed by atoms with Gasteiger partial charge in [0, 0.05) is 6.04 Å². The number of hydrogen-bond donors (Lipinski definition) is 3. The van der Waals surface area contributed by atoms with Gasteiger partial charge >= 0.3 is 5.97 Å². The van der Waals surface area contributed by atoms with E-state index in [2.05, 4.69) is 17.2 Å². The molecule has 0 bridgehead atoms. The maximum atomic E-state index is 13.0. The molecule has 134 valence electrons. The number of carbonyl (C=O) groups is 2. The predicted octanol–water partition coefficient (Wildman–Crippen LogP) is 0.0507. The Labute approximate surface area is 142 Å². The van der Waals surface area contributed by atoms with Gasteiger partial charge in [-0.15, -0.1) is 0 Å². The number of ether oxygens (including phenoxy) is 2. The van der Waals surface area contributed by atoms with Crippen LogP contribution in [-0.4, -0.2) is 48.9 Å². The van der Waals surface area contributed by atoms with Crippen molar-refractivity contribution in [3.05, 3.63) is 12.2 Å². The molecule has 0 radical (unpaired) electrons. The van der Waals surface area contributed by atoms with Gasteiger partial charge in [0.25, 0.3) is 0 Å². The zero-order chi connectivity index (χ0) is 17.4. The van der Waals surface area contributed by atoms with Crippen LogP contribution >= 0.6 is 0 Å². The Morgan fingerprint density at radius 1 is 1.42 bits per heavy atom. The average Bonchev–Trinajstić information content (AvgIpc) is 2.54. The molecule has 0 spiro atoms. The quantitative estimate of drug-likeness (QED) is 0.494. The van der Waals surface area contributed by atoms with Crippen molar-refractivity contribution in [1.29, 1.82) is 0 Å². The maximum absolute atomic E-state index is 13.0. The highest BCUT2D eigenvalue weighted by Crippen LogP contribution is 2.35. The molecule has 7 nitrogen and oxygen atoms in total. The van der Waals surface area contributed by atoms with E-state index in [0.717, 1.165) is 18.4 Å². The Kier molecular flexibility index (Phi) is 5.05. The number of piperidine rings is 2. The van der Waals surface area contributed by atoms with Gasteiger partial charge in [-0.2, -0.15) is 0 Å². The zero-order valence-corrected chi connectivity index (χ0v) is 14.3. The van der Waals surface area contributed by atoms with E-state index in [9.17, 15) is 9.59 Å². The lowest BCUT2D eigenvalue weighted by atomic mass is 9.77. The lowest BCUT2D eigenvalue weighted by Gasteiger charge is -2.49. The molecule has 3 saturated heterocycles. The molecule has 0 amide bonds. The Bertz CT molecular complexity index is 538. The van der Waals surface area contributed by atoms with Crippen LogP contribution in [0.1, 0.15) is 33.1 Å². The summed E-state index contributed by atoms with van der Waals surface area (Å²) < 4.78 is 11.2. The van der Waals surface area contributed by atoms with E-state index in [1.165, 1.54) is 0 Å². The van der Waals surface area contributed by atoms with Gasteiger partial charge in [-0.1, -0.05) is 12.2 Å². The topological polar surface area (TPSA) is 103 Å². The van der Waals surface area contributed by atoms with Crippen molar-refractivity contribution in [2.24, 2.45) is 17.6 Å². The number of fused-ring (bicyclic) bond motifs is 2. The second-order valence-corrected chi connectivity index (χ2v) is 7.01. The van der Waals surface area contributed by atoms with E-state index < -0.39 is 24.2 Å². The van der Waals surface area contributed by atoms with Crippen molar-refractivity contribution in [2.75, 3.05) is 6.61 Å². The molecule has 0 aromatic rings. The minimum Gasteiger partial charge on any atom is -0.466 e. The number of ketones is 1. The number of rotatable bonds is 3.